The third-order valence-corrected chi connectivity index (χ3v) is 6.90. The minimum atomic E-state index is -3.37. The van der Waals surface area contributed by atoms with E-state index >= 15 is 0 Å². The van der Waals surface area contributed by atoms with Gasteiger partial charge in [0.25, 0.3) is 0 Å². The number of pyridine rings is 1. The van der Waals surface area contributed by atoms with E-state index in [4.69, 9.17) is 4.62 Å². The molecule has 1 aliphatic heterocycles. The zero-order chi connectivity index (χ0) is 16.9. The lowest BCUT2D eigenvalue weighted by atomic mass is 10.0. The van der Waals surface area contributed by atoms with E-state index in [0.717, 1.165) is 17.5 Å². The fraction of sp³-hybridized carbons (Fsp3) is 0.0556. The molecule has 0 unspecified atom stereocenters. The number of benzene rings is 2. The van der Waals surface area contributed by atoms with Crippen LogP contribution < -0.4 is 15.2 Å². The van der Waals surface area contributed by atoms with Crippen LogP contribution in [0.4, 0.5) is 0 Å². The number of hydrogen-bond acceptors (Lipinski definition) is 5. The zero-order valence-electron chi connectivity index (χ0n) is 13.1. The quantitative estimate of drug-likeness (QED) is 0.519. The third-order valence-electron chi connectivity index (χ3n) is 4.37. The maximum atomic E-state index is 14.1. The van der Waals surface area contributed by atoms with Gasteiger partial charge in [0, 0.05) is 6.20 Å². The largest absolute Gasteiger partial charge is 0.331 e. The van der Waals surface area contributed by atoms with Crippen LogP contribution in [-0.2, 0) is 11.0 Å². The number of nitrogens with zero attached hydrogens (tertiary/aromatic N) is 4. The Kier molecular flexibility index (Phi) is 3.02. The van der Waals surface area contributed by atoms with Crippen LogP contribution in [0.15, 0.2) is 66.9 Å². The lowest BCUT2D eigenvalue weighted by Crippen LogP contribution is -2.33. The van der Waals surface area contributed by atoms with Crippen LogP contribution in [0.3, 0.4) is 0 Å². The van der Waals surface area contributed by atoms with Gasteiger partial charge in [-0.2, -0.15) is 0 Å². The molecule has 0 fully saturated rings. The van der Waals surface area contributed by atoms with Gasteiger partial charge in [-0.3, -0.25) is 4.57 Å². The van der Waals surface area contributed by atoms with Crippen molar-refractivity contribution in [3.63, 3.8) is 0 Å². The standard InChI is InChI=1S/C18H13N4O2P/c23-25(24-22-18-15(20-21-22)8-5-11-19-18)16-9-3-1-6-13(16)12-14-7-2-4-10-17(14)25/h1-11H,12H2. The highest BCUT2D eigenvalue weighted by Gasteiger charge is 2.39. The summed E-state index contributed by atoms with van der Waals surface area (Å²) in [6.45, 7) is 0. The molecule has 2 aromatic heterocycles. The molecule has 7 heteroatoms. The van der Waals surface area contributed by atoms with E-state index in [1.54, 1.807) is 18.3 Å². The first kappa shape index (κ1) is 14.4. The molecule has 0 atom stereocenters. The summed E-state index contributed by atoms with van der Waals surface area (Å²) in [5.41, 5.74) is 3.04. The number of hydrogen-bond donors (Lipinski definition) is 0. The lowest BCUT2D eigenvalue weighted by Gasteiger charge is -2.27. The van der Waals surface area contributed by atoms with Gasteiger partial charge in [-0.25, -0.2) is 4.98 Å². The molecular weight excluding hydrogens is 335 g/mol. The molecule has 0 N–H and O–H groups in total. The topological polar surface area (TPSA) is 69.9 Å². The van der Waals surface area contributed by atoms with Gasteiger partial charge < -0.3 is 4.62 Å². The molecule has 0 amide bonds. The molecule has 0 saturated heterocycles. The molecule has 6 nitrogen and oxygen atoms in total. The van der Waals surface area contributed by atoms with Gasteiger partial charge in [0.15, 0.2) is 0 Å². The highest BCUT2D eigenvalue weighted by molar-refractivity contribution is 7.74. The van der Waals surface area contributed by atoms with Crippen LogP contribution in [0.5, 0.6) is 0 Å². The Bertz CT molecular complexity index is 1110. The summed E-state index contributed by atoms with van der Waals surface area (Å²) in [6, 6.07) is 18.9. The number of fused-ring (bicyclic) bond motifs is 3. The fourth-order valence-corrected chi connectivity index (χ4v) is 5.62. The first-order chi connectivity index (χ1) is 12.3. The molecular formula is C18H13N4O2P. The van der Waals surface area contributed by atoms with Crippen LogP contribution >= 0.6 is 7.37 Å². The summed E-state index contributed by atoms with van der Waals surface area (Å²) in [5.74, 6) is 0. The molecule has 0 bridgehead atoms. The molecule has 4 aromatic rings. The highest BCUT2D eigenvalue weighted by Crippen LogP contribution is 2.46. The normalized spacial score (nSPS) is 14.7. The second-order valence-electron chi connectivity index (χ2n) is 5.88. The van der Waals surface area contributed by atoms with Gasteiger partial charge in [-0.05, 0) is 47.0 Å². The van der Waals surface area contributed by atoms with Crippen LogP contribution in [0.1, 0.15) is 11.1 Å². The van der Waals surface area contributed by atoms with Crippen molar-refractivity contribution in [2.75, 3.05) is 0 Å². The first-order valence-electron chi connectivity index (χ1n) is 7.89. The highest BCUT2D eigenvalue weighted by atomic mass is 31.2. The Labute approximate surface area is 143 Å². The summed E-state index contributed by atoms with van der Waals surface area (Å²) < 4.78 is 20.0. The average molecular weight is 348 g/mol. The molecule has 122 valence electrons. The number of aromatic nitrogens is 4. The Morgan fingerprint density at radius 3 is 2.32 bits per heavy atom. The monoisotopic (exact) mass is 348 g/mol. The number of rotatable bonds is 2. The van der Waals surface area contributed by atoms with E-state index in [9.17, 15) is 4.57 Å². The second-order valence-corrected chi connectivity index (χ2v) is 8.11. The van der Waals surface area contributed by atoms with Crippen LogP contribution in [-0.4, -0.2) is 20.1 Å². The molecule has 0 saturated carbocycles. The molecule has 2 aromatic carbocycles. The zero-order valence-corrected chi connectivity index (χ0v) is 14.0. The summed E-state index contributed by atoms with van der Waals surface area (Å²) >= 11 is 0. The van der Waals surface area contributed by atoms with Crippen molar-refractivity contribution in [1.82, 2.24) is 20.1 Å². The van der Waals surface area contributed by atoms with Gasteiger partial charge in [-0.1, -0.05) is 41.2 Å². The summed E-state index contributed by atoms with van der Waals surface area (Å²) in [4.78, 5) is 5.42. The van der Waals surface area contributed by atoms with Crippen molar-refractivity contribution < 1.29 is 9.19 Å². The smallest absolute Gasteiger partial charge is 0.328 e. The van der Waals surface area contributed by atoms with Gasteiger partial charge in [0.1, 0.15) is 5.52 Å². The first-order valence-corrected chi connectivity index (χ1v) is 9.52. The van der Waals surface area contributed by atoms with E-state index in [0.29, 0.717) is 21.8 Å². The van der Waals surface area contributed by atoms with Gasteiger partial charge in [0.2, 0.25) is 5.65 Å². The Hall–Kier alpha value is -2.98. The van der Waals surface area contributed by atoms with Crippen molar-refractivity contribution in [3.8, 4) is 0 Å². The van der Waals surface area contributed by atoms with Gasteiger partial charge in [-0.15, -0.1) is 5.10 Å². The Balaban J connectivity index is 1.73. The molecule has 0 spiro atoms. The van der Waals surface area contributed by atoms with Gasteiger partial charge in [0.05, 0.1) is 10.6 Å². The molecule has 0 aliphatic carbocycles. The Morgan fingerprint density at radius 2 is 1.60 bits per heavy atom. The van der Waals surface area contributed by atoms with E-state index in [1.807, 2.05) is 48.5 Å². The average Bonchev–Trinajstić information content (AvgIpc) is 3.05. The molecule has 1 aliphatic rings. The van der Waals surface area contributed by atoms with Crippen molar-refractivity contribution in [3.05, 3.63) is 78.0 Å². The van der Waals surface area contributed by atoms with Crippen molar-refractivity contribution >= 4 is 29.1 Å². The van der Waals surface area contributed by atoms with E-state index in [-0.39, 0.29) is 0 Å². The van der Waals surface area contributed by atoms with Crippen LogP contribution in [0.2, 0.25) is 0 Å². The summed E-state index contributed by atoms with van der Waals surface area (Å²) in [7, 11) is -3.37. The van der Waals surface area contributed by atoms with Gasteiger partial charge >= 0.3 is 7.37 Å². The molecule has 25 heavy (non-hydrogen) atoms. The lowest BCUT2D eigenvalue weighted by molar-refractivity contribution is 0.247. The SMILES string of the molecule is O=P1(On2nnc3cccnc32)c2ccccc2Cc2ccccc21. The molecule has 3 heterocycles. The minimum absolute atomic E-state index is 0.443. The summed E-state index contributed by atoms with van der Waals surface area (Å²) in [6.07, 6.45) is 2.36. The predicted molar refractivity (Wildman–Crippen MR) is 94.5 cm³/mol. The van der Waals surface area contributed by atoms with E-state index < -0.39 is 7.37 Å². The van der Waals surface area contributed by atoms with Crippen molar-refractivity contribution in [2.45, 2.75) is 6.42 Å². The van der Waals surface area contributed by atoms with E-state index in [2.05, 4.69) is 15.3 Å². The Morgan fingerprint density at radius 1 is 0.920 bits per heavy atom. The predicted octanol–water partition coefficient (Wildman–Crippen LogP) is 2.09. The molecule has 5 rings (SSSR count). The second kappa shape index (κ2) is 5.26. The maximum absolute atomic E-state index is 14.1. The van der Waals surface area contributed by atoms with Crippen molar-refractivity contribution in [2.24, 2.45) is 0 Å². The summed E-state index contributed by atoms with van der Waals surface area (Å²) in [5, 5.41) is 9.43. The molecule has 0 radical (unpaired) electrons. The maximum Gasteiger partial charge on any atom is 0.331 e. The van der Waals surface area contributed by atoms with Crippen molar-refractivity contribution in [1.29, 1.82) is 0 Å². The van der Waals surface area contributed by atoms with E-state index in [1.165, 1.54) is 4.85 Å². The minimum Gasteiger partial charge on any atom is -0.328 e. The third kappa shape index (κ3) is 2.11. The van der Waals surface area contributed by atoms with Crippen LogP contribution in [0, 0.1) is 0 Å². The fourth-order valence-electron chi connectivity index (χ4n) is 3.23. The van der Waals surface area contributed by atoms with Crippen LogP contribution in [0.25, 0.3) is 11.2 Å².